The minimum atomic E-state index is -1.33. The number of hydrogen-bond donors (Lipinski definition) is 8. The average Bonchev–Trinajstić information content (AvgIpc) is 3.40. The number of nitrogens with one attached hydrogen (secondary N) is 4. The average molecular weight is 609 g/mol. The Hall–Kier alpha value is -4.91. The minimum Gasteiger partial charge on any atom is -0.508 e. The highest BCUT2D eigenvalue weighted by atomic mass is 16.4. The lowest BCUT2D eigenvalue weighted by molar-refractivity contribution is -0.142. The van der Waals surface area contributed by atoms with Gasteiger partial charge in [-0.2, -0.15) is 0 Å². The van der Waals surface area contributed by atoms with Crippen LogP contribution >= 0.6 is 0 Å². The van der Waals surface area contributed by atoms with Crippen LogP contribution in [0.4, 0.5) is 0 Å². The molecule has 3 aromatic rings. The second-order valence-corrected chi connectivity index (χ2v) is 10.9. The molecule has 0 fully saturated rings. The van der Waals surface area contributed by atoms with Crippen LogP contribution in [0.5, 0.6) is 5.75 Å². The first-order valence-electron chi connectivity index (χ1n) is 14.4. The molecule has 0 aliphatic heterocycles. The number of amides is 4. The number of benzene rings is 2. The van der Waals surface area contributed by atoms with Crippen LogP contribution in [0.25, 0.3) is 10.9 Å². The number of carbonyl (C=O) groups is 5. The number of rotatable bonds is 16. The topological polar surface area (TPSA) is 230 Å². The largest absolute Gasteiger partial charge is 0.508 e. The van der Waals surface area contributed by atoms with Crippen LogP contribution in [0.2, 0.25) is 0 Å². The second-order valence-electron chi connectivity index (χ2n) is 10.9. The summed E-state index contributed by atoms with van der Waals surface area (Å²) >= 11 is 0. The van der Waals surface area contributed by atoms with Gasteiger partial charge in [0.15, 0.2) is 0 Å². The van der Waals surface area contributed by atoms with E-state index in [4.69, 9.17) is 11.5 Å². The van der Waals surface area contributed by atoms with E-state index < -0.39 is 53.8 Å². The van der Waals surface area contributed by atoms with Crippen molar-refractivity contribution in [1.82, 2.24) is 20.9 Å². The number of carboxylic acids is 1. The Morgan fingerprint density at radius 1 is 0.886 bits per heavy atom. The van der Waals surface area contributed by atoms with E-state index in [1.54, 1.807) is 25.3 Å². The van der Waals surface area contributed by atoms with E-state index in [0.29, 0.717) is 17.5 Å². The number of carbonyl (C=O) groups excluding carboxylic acids is 4. The number of aromatic amines is 1. The molecule has 236 valence electrons. The quantitative estimate of drug-likeness (QED) is 0.116. The molecular formula is C31H40N6O7. The van der Waals surface area contributed by atoms with E-state index in [0.717, 1.165) is 10.9 Å². The van der Waals surface area contributed by atoms with E-state index in [1.165, 1.54) is 12.1 Å². The van der Waals surface area contributed by atoms with Crippen molar-refractivity contribution in [3.63, 3.8) is 0 Å². The van der Waals surface area contributed by atoms with Crippen molar-refractivity contribution in [3.05, 3.63) is 65.9 Å². The molecule has 44 heavy (non-hydrogen) atoms. The molecule has 0 aliphatic rings. The zero-order chi connectivity index (χ0) is 32.4. The van der Waals surface area contributed by atoms with Crippen molar-refractivity contribution in [2.75, 3.05) is 0 Å². The molecule has 1 aromatic heterocycles. The molecule has 1 heterocycles. The van der Waals surface area contributed by atoms with E-state index >= 15 is 0 Å². The summed E-state index contributed by atoms with van der Waals surface area (Å²) in [6, 6.07) is 8.65. The number of primary amides is 1. The molecule has 0 bridgehead atoms. The number of H-pyrrole nitrogens is 1. The number of aliphatic carboxylic acids is 1. The lowest BCUT2D eigenvalue weighted by Crippen LogP contribution is -2.59. The molecule has 2 aromatic carbocycles. The van der Waals surface area contributed by atoms with Gasteiger partial charge in [-0.15, -0.1) is 0 Å². The number of nitrogens with two attached hydrogens (primary N) is 2. The third kappa shape index (κ3) is 9.30. The summed E-state index contributed by atoms with van der Waals surface area (Å²) in [6.07, 6.45) is 2.07. The van der Waals surface area contributed by atoms with Gasteiger partial charge >= 0.3 is 5.97 Å². The summed E-state index contributed by atoms with van der Waals surface area (Å²) in [5.41, 5.74) is 13.2. The van der Waals surface area contributed by atoms with Gasteiger partial charge in [-0.1, -0.05) is 50.6 Å². The summed E-state index contributed by atoms with van der Waals surface area (Å²) in [6.45, 7) is 3.59. The highest BCUT2D eigenvalue weighted by Crippen LogP contribution is 2.20. The molecule has 5 atom stereocenters. The van der Waals surface area contributed by atoms with Crippen LogP contribution in [0, 0.1) is 5.92 Å². The van der Waals surface area contributed by atoms with E-state index in [1.807, 2.05) is 31.2 Å². The van der Waals surface area contributed by atoms with Gasteiger partial charge in [-0.25, -0.2) is 4.79 Å². The molecule has 0 saturated heterocycles. The van der Waals surface area contributed by atoms with Crippen LogP contribution in [-0.4, -0.2) is 69.0 Å². The first kappa shape index (κ1) is 33.6. The zero-order valence-corrected chi connectivity index (χ0v) is 24.7. The number of hydrogen-bond acceptors (Lipinski definition) is 7. The Morgan fingerprint density at radius 3 is 2.18 bits per heavy atom. The fourth-order valence-corrected chi connectivity index (χ4v) is 4.72. The molecule has 3 rings (SSSR count). The molecule has 0 saturated carbocycles. The molecule has 13 heteroatoms. The normalized spacial score (nSPS) is 14.5. The van der Waals surface area contributed by atoms with Crippen molar-refractivity contribution >= 4 is 40.5 Å². The van der Waals surface area contributed by atoms with Crippen LogP contribution < -0.4 is 27.4 Å². The second kappa shape index (κ2) is 15.5. The Labute approximate surface area is 254 Å². The minimum absolute atomic E-state index is 0.000779. The van der Waals surface area contributed by atoms with Gasteiger partial charge in [-0.05, 0) is 41.7 Å². The lowest BCUT2D eigenvalue weighted by atomic mass is 9.96. The Kier molecular flexibility index (Phi) is 11.9. The maximum absolute atomic E-state index is 13.7. The Bertz CT molecular complexity index is 1470. The standard InChI is InChI=1S/C31H40N6O7/c1-3-17(2)27(37-28(40)22(32)12-13-26(33)39)30(42)35-24(15-19-16-34-23-7-5-4-6-21(19)23)29(41)36-25(31(43)44)14-18-8-10-20(38)11-9-18/h4-11,16-17,22,24-25,27,34,38H,3,12-15,32H2,1-2H3,(H2,33,39)(H,35,42)(H,36,41)(H,37,40)(H,43,44). The fourth-order valence-electron chi connectivity index (χ4n) is 4.72. The summed E-state index contributed by atoms with van der Waals surface area (Å²) in [5.74, 6) is -4.27. The van der Waals surface area contributed by atoms with Crippen LogP contribution in [0.1, 0.15) is 44.2 Å². The summed E-state index contributed by atoms with van der Waals surface area (Å²) in [7, 11) is 0. The number of fused-ring (bicyclic) bond motifs is 1. The first-order valence-corrected chi connectivity index (χ1v) is 14.4. The van der Waals surface area contributed by atoms with Gasteiger partial charge in [0.2, 0.25) is 23.6 Å². The molecule has 0 spiro atoms. The lowest BCUT2D eigenvalue weighted by Gasteiger charge is -2.28. The van der Waals surface area contributed by atoms with E-state index in [2.05, 4.69) is 20.9 Å². The number of phenols is 1. The highest BCUT2D eigenvalue weighted by molar-refractivity contribution is 5.95. The van der Waals surface area contributed by atoms with Crippen LogP contribution in [-0.2, 0) is 36.8 Å². The predicted octanol–water partition coefficient (Wildman–Crippen LogP) is 0.837. The third-order valence-electron chi connectivity index (χ3n) is 7.55. The van der Waals surface area contributed by atoms with Crippen molar-refractivity contribution in [2.24, 2.45) is 17.4 Å². The summed E-state index contributed by atoms with van der Waals surface area (Å²) < 4.78 is 0. The van der Waals surface area contributed by atoms with E-state index in [-0.39, 0.29) is 37.4 Å². The monoisotopic (exact) mass is 608 g/mol. The number of carboxylic acid groups (broad SMARTS) is 1. The highest BCUT2D eigenvalue weighted by Gasteiger charge is 2.33. The zero-order valence-electron chi connectivity index (χ0n) is 24.7. The predicted molar refractivity (Wildman–Crippen MR) is 163 cm³/mol. The fraction of sp³-hybridized carbons (Fsp3) is 0.387. The molecule has 13 nitrogen and oxygen atoms in total. The summed E-state index contributed by atoms with van der Waals surface area (Å²) in [4.78, 5) is 66.5. The van der Waals surface area contributed by atoms with Crippen LogP contribution in [0.15, 0.2) is 54.7 Å². The van der Waals surface area contributed by atoms with Crippen LogP contribution in [0.3, 0.4) is 0 Å². The van der Waals surface area contributed by atoms with Crippen molar-refractivity contribution in [3.8, 4) is 5.75 Å². The molecule has 5 unspecified atom stereocenters. The Morgan fingerprint density at radius 2 is 1.55 bits per heavy atom. The van der Waals surface area contributed by atoms with Crippen molar-refractivity contribution < 1.29 is 34.2 Å². The van der Waals surface area contributed by atoms with Gasteiger partial charge in [0.1, 0.15) is 23.9 Å². The van der Waals surface area contributed by atoms with Gasteiger partial charge in [0.05, 0.1) is 6.04 Å². The number of aromatic nitrogens is 1. The first-order chi connectivity index (χ1) is 20.9. The molecular weight excluding hydrogens is 568 g/mol. The van der Waals surface area contributed by atoms with Crippen molar-refractivity contribution in [2.45, 2.75) is 70.1 Å². The number of para-hydroxylation sites is 1. The third-order valence-corrected chi connectivity index (χ3v) is 7.55. The van der Waals surface area contributed by atoms with Gasteiger partial charge in [0, 0.05) is 36.4 Å². The van der Waals surface area contributed by atoms with Gasteiger partial charge in [0.25, 0.3) is 0 Å². The summed E-state index contributed by atoms with van der Waals surface area (Å²) in [5, 5.41) is 28.2. The van der Waals surface area contributed by atoms with E-state index in [9.17, 15) is 34.2 Å². The Balaban J connectivity index is 1.86. The number of phenolic OH excluding ortho intramolecular Hbond substituents is 1. The van der Waals surface area contributed by atoms with Gasteiger partial charge in [-0.3, -0.25) is 19.2 Å². The van der Waals surface area contributed by atoms with Gasteiger partial charge < -0.3 is 42.6 Å². The molecule has 0 radical (unpaired) electrons. The van der Waals surface area contributed by atoms with Crippen molar-refractivity contribution in [1.29, 1.82) is 0 Å². The molecule has 10 N–H and O–H groups in total. The number of aromatic hydroxyl groups is 1. The maximum Gasteiger partial charge on any atom is 0.326 e. The molecule has 4 amide bonds. The SMILES string of the molecule is CCC(C)C(NC(=O)C(N)CCC(N)=O)C(=O)NC(Cc1c[nH]c2ccccc12)C(=O)NC(Cc1ccc(O)cc1)C(=O)O. The maximum atomic E-state index is 13.7. The smallest absolute Gasteiger partial charge is 0.326 e. The molecule has 0 aliphatic carbocycles.